The molecule has 4 aromatic rings. The van der Waals surface area contributed by atoms with Crippen molar-refractivity contribution in [3.8, 4) is 5.75 Å². The smallest absolute Gasteiger partial charge is 0.270 e. The highest BCUT2D eigenvalue weighted by Gasteiger charge is 2.22. The molecule has 0 aliphatic rings. The largest absolute Gasteiger partial charge is 0.485 e. The molecule has 0 saturated carbocycles. The molecule has 2 heterocycles. The van der Waals surface area contributed by atoms with Crippen LogP contribution in [0.3, 0.4) is 0 Å². The number of aliphatic hydroxyl groups excluding tert-OH is 1. The van der Waals surface area contributed by atoms with Crippen LogP contribution in [0.1, 0.15) is 33.4 Å². The molecule has 33 heavy (non-hydrogen) atoms. The van der Waals surface area contributed by atoms with Crippen LogP contribution in [-0.2, 0) is 6.61 Å². The van der Waals surface area contributed by atoms with E-state index in [0.29, 0.717) is 11.3 Å². The van der Waals surface area contributed by atoms with Crippen LogP contribution in [0.5, 0.6) is 5.75 Å². The van der Waals surface area contributed by atoms with E-state index in [2.05, 4.69) is 10.3 Å². The second kappa shape index (κ2) is 9.33. The van der Waals surface area contributed by atoms with E-state index in [-0.39, 0.29) is 30.2 Å². The van der Waals surface area contributed by atoms with Crippen LogP contribution in [0.15, 0.2) is 60.8 Å². The Morgan fingerprint density at radius 2 is 1.85 bits per heavy atom. The number of aromatic nitrogens is 2. The number of amides is 1. The van der Waals surface area contributed by atoms with Gasteiger partial charge >= 0.3 is 0 Å². The Kier molecular flexibility index (Phi) is 6.32. The number of halogens is 3. The number of pyridine rings is 1. The highest BCUT2D eigenvalue weighted by molar-refractivity contribution is 5.95. The van der Waals surface area contributed by atoms with Gasteiger partial charge in [-0.15, -0.1) is 0 Å². The van der Waals surface area contributed by atoms with Gasteiger partial charge in [0.05, 0.1) is 18.3 Å². The number of rotatable bonds is 7. The zero-order chi connectivity index (χ0) is 23.5. The second-order valence-corrected chi connectivity index (χ2v) is 7.35. The van der Waals surface area contributed by atoms with Crippen LogP contribution in [0.2, 0.25) is 0 Å². The summed E-state index contributed by atoms with van der Waals surface area (Å²) in [5, 5.41) is 12.5. The maximum Gasteiger partial charge on any atom is 0.270 e. The molecule has 1 atom stereocenters. The summed E-state index contributed by atoms with van der Waals surface area (Å²) in [4.78, 5) is 17.4. The van der Waals surface area contributed by atoms with Crippen LogP contribution in [-0.4, -0.2) is 27.0 Å². The topological polar surface area (TPSA) is 75.9 Å². The molecule has 0 bridgehead atoms. The fraction of sp³-hybridized carbons (Fsp3) is 0.167. The van der Waals surface area contributed by atoms with Crippen molar-refractivity contribution in [3.05, 3.63) is 101 Å². The summed E-state index contributed by atoms with van der Waals surface area (Å²) in [6, 6.07) is 13.5. The van der Waals surface area contributed by atoms with Crippen LogP contribution in [0.4, 0.5) is 13.2 Å². The minimum atomic E-state index is -1.57. The van der Waals surface area contributed by atoms with Gasteiger partial charge in [-0.2, -0.15) is 0 Å². The summed E-state index contributed by atoms with van der Waals surface area (Å²) in [7, 11) is 0. The zero-order valence-electron chi connectivity index (χ0n) is 17.6. The van der Waals surface area contributed by atoms with E-state index < -0.39 is 29.4 Å². The van der Waals surface area contributed by atoms with Crippen LogP contribution in [0.25, 0.3) is 5.65 Å². The maximum atomic E-state index is 14.0. The number of hydrogen-bond donors (Lipinski definition) is 2. The highest BCUT2D eigenvalue weighted by atomic mass is 19.2. The van der Waals surface area contributed by atoms with Crippen LogP contribution in [0, 0.1) is 24.4 Å². The number of nitrogens with one attached hydrogen (secondary N) is 1. The molecule has 2 aromatic carbocycles. The zero-order valence-corrected chi connectivity index (χ0v) is 17.6. The molecular formula is C24H20F3N3O3. The molecule has 0 fully saturated rings. The predicted octanol–water partition coefficient (Wildman–Crippen LogP) is 4.10. The molecule has 170 valence electrons. The molecule has 9 heteroatoms. The van der Waals surface area contributed by atoms with Gasteiger partial charge in [0, 0.05) is 11.8 Å². The molecule has 4 rings (SSSR count). The summed E-state index contributed by atoms with van der Waals surface area (Å²) >= 11 is 0. The summed E-state index contributed by atoms with van der Waals surface area (Å²) in [6.45, 7) is 0.994. The third-order valence-corrected chi connectivity index (χ3v) is 5.19. The van der Waals surface area contributed by atoms with Gasteiger partial charge < -0.3 is 15.2 Å². The molecule has 0 unspecified atom stereocenters. The van der Waals surface area contributed by atoms with Gasteiger partial charge in [-0.1, -0.05) is 30.3 Å². The van der Waals surface area contributed by atoms with Crippen molar-refractivity contribution < 1.29 is 27.8 Å². The Balaban J connectivity index is 1.60. The van der Waals surface area contributed by atoms with E-state index in [9.17, 15) is 23.1 Å². The van der Waals surface area contributed by atoms with Gasteiger partial charge in [0.15, 0.2) is 28.8 Å². The quantitative estimate of drug-likeness (QED) is 0.412. The first kappa shape index (κ1) is 22.3. The first-order chi connectivity index (χ1) is 15.9. The number of carbonyl (C=O) groups excluding carboxylic acids is 1. The first-order valence-electron chi connectivity index (χ1n) is 10.1. The molecule has 0 aliphatic carbocycles. The number of nitrogens with zero attached hydrogens (tertiary/aromatic N) is 2. The highest BCUT2D eigenvalue weighted by Crippen LogP contribution is 2.25. The monoisotopic (exact) mass is 455 g/mol. The Morgan fingerprint density at radius 3 is 2.58 bits per heavy atom. The van der Waals surface area contributed by atoms with Crippen molar-refractivity contribution in [2.24, 2.45) is 0 Å². The molecule has 1 amide bonds. The third-order valence-electron chi connectivity index (χ3n) is 5.19. The van der Waals surface area contributed by atoms with Crippen molar-refractivity contribution in [1.29, 1.82) is 0 Å². The summed E-state index contributed by atoms with van der Waals surface area (Å²) in [5.74, 6) is -4.40. The number of fused-ring (bicyclic) bond motifs is 1. The number of carbonyl (C=O) groups is 1. The predicted molar refractivity (Wildman–Crippen MR) is 114 cm³/mol. The van der Waals surface area contributed by atoms with Crippen molar-refractivity contribution in [1.82, 2.24) is 14.7 Å². The average molecular weight is 455 g/mol. The number of imidazole rings is 1. The normalized spacial score (nSPS) is 12.0. The van der Waals surface area contributed by atoms with Gasteiger partial charge in [-0.25, -0.2) is 18.2 Å². The Bertz CT molecular complexity index is 1310. The number of aryl methyl sites for hydroxylation is 1. The van der Waals surface area contributed by atoms with Gasteiger partial charge in [0.2, 0.25) is 0 Å². The molecule has 0 aliphatic heterocycles. The number of ether oxygens (including phenoxy) is 1. The average Bonchev–Trinajstić information content (AvgIpc) is 3.17. The van der Waals surface area contributed by atoms with Crippen molar-refractivity contribution in [3.63, 3.8) is 0 Å². The minimum Gasteiger partial charge on any atom is -0.485 e. The number of aliphatic hydroxyl groups is 1. The summed E-state index contributed by atoms with van der Waals surface area (Å²) < 4.78 is 47.7. The van der Waals surface area contributed by atoms with Crippen molar-refractivity contribution in [2.75, 3.05) is 6.61 Å². The lowest BCUT2D eigenvalue weighted by molar-refractivity contribution is 0.0909. The fourth-order valence-electron chi connectivity index (χ4n) is 3.52. The molecule has 0 saturated heterocycles. The van der Waals surface area contributed by atoms with E-state index in [1.54, 1.807) is 37.4 Å². The van der Waals surface area contributed by atoms with E-state index in [1.807, 2.05) is 18.2 Å². The molecular weight excluding hydrogens is 435 g/mol. The van der Waals surface area contributed by atoms with E-state index >= 15 is 0 Å². The lowest BCUT2D eigenvalue weighted by Crippen LogP contribution is -2.32. The van der Waals surface area contributed by atoms with Gasteiger partial charge in [-0.05, 0) is 36.8 Å². The Morgan fingerprint density at radius 1 is 1.09 bits per heavy atom. The van der Waals surface area contributed by atoms with Crippen molar-refractivity contribution >= 4 is 11.6 Å². The Hall–Kier alpha value is -3.85. The molecule has 0 spiro atoms. The standard InChI is InChI=1S/C24H20F3N3O3/c1-14-22(24(32)29-18(12-31)15-6-3-2-4-7-15)30-11-5-8-19(23(30)28-14)33-13-16-9-10-17(25)21(27)20(16)26/h2-11,18,31H,12-13H2,1H3,(H,29,32)/t18-/m0/s1. The Labute approximate surface area is 187 Å². The summed E-state index contributed by atoms with van der Waals surface area (Å²) in [6.07, 6.45) is 1.62. The summed E-state index contributed by atoms with van der Waals surface area (Å²) in [5.41, 5.74) is 1.53. The van der Waals surface area contributed by atoms with Crippen LogP contribution < -0.4 is 10.1 Å². The van der Waals surface area contributed by atoms with E-state index in [0.717, 1.165) is 17.7 Å². The van der Waals surface area contributed by atoms with Gasteiger partial charge in [-0.3, -0.25) is 9.20 Å². The lowest BCUT2D eigenvalue weighted by Gasteiger charge is -2.17. The molecule has 2 N–H and O–H groups in total. The van der Waals surface area contributed by atoms with Crippen molar-refractivity contribution in [2.45, 2.75) is 19.6 Å². The second-order valence-electron chi connectivity index (χ2n) is 7.35. The third kappa shape index (κ3) is 4.40. The number of hydrogen-bond acceptors (Lipinski definition) is 4. The van der Waals surface area contributed by atoms with Gasteiger partial charge in [0.25, 0.3) is 5.91 Å². The molecule has 0 radical (unpaired) electrons. The minimum absolute atomic E-state index is 0.161. The van der Waals surface area contributed by atoms with Gasteiger partial charge in [0.1, 0.15) is 12.3 Å². The number of benzene rings is 2. The van der Waals surface area contributed by atoms with E-state index in [1.165, 1.54) is 4.40 Å². The fourth-order valence-corrected chi connectivity index (χ4v) is 3.52. The molecule has 6 nitrogen and oxygen atoms in total. The lowest BCUT2D eigenvalue weighted by atomic mass is 10.1. The first-order valence-corrected chi connectivity index (χ1v) is 10.1. The SMILES string of the molecule is Cc1nc2c(OCc3ccc(F)c(F)c3F)cccn2c1C(=O)N[C@@H](CO)c1ccccc1. The van der Waals surface area contributed by atoms with E-state index in [4.69, 9.17) is 4.74 Å². The molecule has 2 aromatic heterocycles. The van der Waals surface area contributed by atoms with Crippen LogP contribution >= 0.6 is 0 Å². The maximum absolute atomic E-state index is 14.0.